The Kier molecular flexibility index (Phi) is 4.25. The van der Waals surface area contributed by atoms with Gasteiger partial charge in [-0.05, 0) is 39.3 Å². The van der Waals surface area contributed by atoms with Crippen LogP contribution in [0.25, 0.3) is 5.65 Å². The average molecular weight is 420 g/mol. The van der Waals surface area contributed by atoms with Gasteiger partial charge in [0.25, 0.3) is 5.56 Å². The fourth-order valence-electron chi connectivity index (χ4n) is 4.27. The number of amides is 1. The van der Waals surface area contributed by atoms with E-state index in [1.807, 2.05) is 33.8 Å². The lowest BCUT2D eigenvalue weighted by Crippen LogP contribution is -2.34. The van der Waals surface area contributed by atoms with Gasteiger partial charge < -0.3 is 9.64 Å². The minimum Gasteiger partial charge on any atom is -0.441 e. The first kappa shape index (κ1) is 19.5. The lowest BCUT2D eigenvalue weighted by Gasteiger charge is -2.31. The monoisotopic (exact) mass is 420 g/mol. The second kappa shape index (κ2) is 6.76. The standard InChI is InChI=1S/C22H24N6O3/c1-13-14(2)20(25-28-18(29)5-7-23-19(13)28)26-8-6-17-15(11-26)9-16(10-24-17)27-12-22(3,4)31-21(27)30/h5,7,9-10H,6,8,11-12H2,1-4H3. The molecule has 3 aromatic rings. The molecule has 0 bridgehead atoms. The molecule has 0 spiro atoms. The van der Waals surface area contributed by atoms with Gasteiger partial charge in [-0.1, -0.05) is 0 Å². The van der Waals surface area contributed by atoms with E-state index in [-0.39, 0.29) is 11.7 Å². The highest BCUT2D eigenvalue weighted by Gasteiger charge is 2.38. The summed E-state index contributed by atoms with van der Waals surface area (Å²) in [5, 5.41) is 4.63. The molecule has 1 amide bonds. The molecular formula is C22H24N6O3. The van der Waals surface area contributed by atoms with Gasteiger partial charge in [-0.15, -0.1) is 5.10 Å². The number of carbonyl (C=O) groups is 1. The minimum absolute atomic E-state index is 0.203. The topological polar surface area (TPSA) is 92.9 Å². The predicted molar refractivity (Wildman–Crippen MR) is 116 cm³/mol. The highest BCUT2D eigenvalue weighted by Crippen LogP contribution is 2.31. The lowest BCUT2D eigenvalue weighted by atomic mass is 10.0. The molecule has 31 heavy (non-hydrogen) atoms. The summed E-state index contributed by atoms with van der Waals surface area (Å²) in [4.78, 5) is 37.4. The maximum absolute atomic E-state index is 12.3. The molecule has 3 aromatic heterocycles. The number of rotatable bonds is 2. The van der Waals surface area contributed by atoms with Crippen molar-refractivity contribution in [1.82, 2.24) is 19.6 Å². The Balaban J connectivity index is 1.51. The van der Waals surface area contributed by atoms with Crippen LogP contribution in [0.4, 0.5) is 16.3 Å². The molecule has 0 aromatic carbocycles. The molecule has 2 aliphatic heterocycles. The van der Waals surface area contributed by atoms with Gasteiger partial charge in [0.2, 0.25) is 0 Å². The summed E-state index contributed by atoms with van der Waals surface area (Å²) in [5.74, 6) is 0.762. The van der Waals surface area contributed by atoms with Gasteiger partial charge in [0.1, 0.15) is 5.60 Å². The summed E-state index contributed by atoms with van der Waals surface area (Å²) in [5.41, 5.74) is 4.56. The number of aryl methyl sites for hydroxylation is 1. The summed E-state index contributed by atoms with van der Waals surface area (Å²) >= 11 is 0. The summed E-state index contributed by atoms with van der Waals surface area (Å²) in [6.07, 6.45) is 3.66. The Morgan fingerprint density at radius 1 is 1.13 bits per heavy atom. The second-order valence-corrected chi connectivity index (χ2v) is 8.78. The molecule has 0 saturated carbocycles. The molecule has 0 unspecified atom stereocenters. The molecule has 0 N–H and O–H groups in total. The van der Waals surface area contributed by atoms with Crippen molar-refractivity contribution in [3.05, 3.63) is 57.3 Å². The van der Waals surface area contributed by atoms with Crippen LogP contribution in [0.2, 0.25) is 0 Å². The van der Waals surface area contributed by atoms with Crippen LogP contribution in [-0.2, 0) is 17.7 Å². The van der Waals surface area contributed by atoms with Crippen molar-refractivity contribution in [1.29, 1.82) is 0 Å². The van der Waals surface area contributed by atoms with Crippen LogP contribution in [0, 0.1) is 13.8 Å². The van der Waals surface area contributed by atoms with Crippen LogP contribution >= 0.6 is 0 Å². The van der Waals surface area contributed by atoms with Gasteiger partial charge in [-0.25, -0.2) is 9.78 Å². The number of hydrogen-bond acceptors (Lipinski definition) is 7. The van der Waals surface area contributed by atoms with E-state index in [0.29, 0.717) is 18.7 Å². The molecule has 9 heteroatoms. The molecule has 0 atom stereocenters. The molecule has 2 aliphatic rings. The number of anilines is 2. The predicted octanol–water partition coefficient (Wildman–Crippen LogP) is 2.40. The third kappa shape index (κ3) is 3.20. The van der Waals surface area contributed by atoms with Crippen molar-refractivity contribution in [3.63, 3.8) is 0 Å². The van der Waals surface area contributed by atoms with E-state index < -0.39 is 5.60 Å². The van der Waals surface area contributed by atoms with Crippen LogP contribution in [-0.4, -0.2) is 44.4 Å². The summed E-state index contributed by atoms with van der Waals surface area (Å²) in [6.45, 7) is 9.57. The third-order valence-electron chi connectivity index (χ3n) is 6.01. The maximum atomic E-state index is 12.3. The zero-order valence-electron chi connectivity index (χ0n) is 18.0. The number of cyclic esters (lactones) is 1. The first-order valence-electron chi connectivity index (χ1n) is 10.3. The van der Waals surface area contributed by atoms with Crippen LogP contribution in [0.15, 0.2) is 29.3 Å². The van der Waals surface area contributed by atoms with Crippen LogP contribution in [0.1, 0.15) is 36.2 Å². The Bertz CT molecular complexity index is 1280. The Labute approximate surface area is 179 Å². The van der Waals surface area contributed by atoms with Crippen LogP contribution < -0.4 is 15.4 Å². The average Bonchev–Trinajstić information content (AvgIpc) is 3.02. The van der Waals surface area contributed by atoms with Gasteiger partial charge in [-0.3, -0.25) is 14.7 Å². The molecule has 0 radical (unpaired) electrons. The molecule has 1 saturated heterocycles. The third-order valence-corrected chi connectivity index (χ3v) is 6.01. The molecule has 9 nitrogen and oxygen atoms in total. The minimum atomic E-state index is -0.524. The van der Waals surface area contributed by atoms with Crippen molar-refractivity contribution in [3.8, 4) is 0 Å². The highest BCUT2D eigenvalue weighted by molar-refractivity contribution is 5.90. The molecule has 5 heterocycles. The fourth-order valence-corrected chi connectivity index (χ4v) is 4.27. The van der Waals surface area contributed by atoms with E-state index in [1.54, 1.807) is 11.1 Å². The van der Waals surface area contributed by atoms with Crippen molar-refractivity contribution in [2.75, 3.05) is 22.9 Å². The van der Waals surface area contributed by atoms with Gasteiger partial charge in [0, 0.05) is 48.6 Å². The zero-order valence-corrected chi connectivity index (χ0v) is 18.0. The number of fused-ring (bicyclic) bond motifs is 2. The molecule has 160 valence electrons. The maximum Gasteiger partial charge on any atom is 0.415 e. The molecule has 5 rings (SSSR count). The quantitative estimate of drug-likeness (QED) is 0.628. The number of nitrogens with zero attached hydrogens (tertiary/aromatic N) is 6. The van der Waals surface area contributed by atoms with Crippen molar-refractivity contribution < 1.29 is 9.53 Å². The lowest BCUT2D eigenvalue weighted by molar-refractivity contribution is 0.0871. The zero-order chi connectivity index (χ0) is 21.9. The van der Waals surface area contributed by atoms with Gasteiger partial charge in [-0.2, -0.15) is 4.52 Å². The molecule has 1 fully saturated rings. The Morgan fingerprint density at radius 3 is 2.68 bits per heavy atom. The van der Waals surface area contributed by atoms with Crippen molar-refractivity contribution in [2.24, 2.45) is 0 Å². The first-order valence-corrected chi connectivity index (χ1v) is 10.3. The summed E-state index contributed by atoms with van der Waals surface area (Å²) < 4.78 is 6.80. The van der Waals surface area contributed by atoms with Gasteiger partial charge in [0.15, 0.2) is 11.5 Å². The molecule has 0 aliphatic carbocycles. The first-order chi connectivity index (χ1) is 14.7. The van der Waals surface area contributed by atoms with E-state index >= 15 is 0 Å². The van der Waals surface area contributed by atoms with Crippen molar-refractivity contribution >= 4 is 23.2 Å². The largest absolute Gasteiger partial charge is 0.441 e. The Morgan fingerprint density at radius 2 is 1.94 bits per heavy atom. The molecular weight excluding hydrogens is 396 g/mol. The summed E-state index contributed by atoms with van der Waals surface area (Å²) in [7, 11) is 0. The normalized spacial score (nSPS) is 17.7. The SMILES string of the molecule is Cc1c(N2CCc3ncc(N4CC(C)(C)OC4=O)cc3C2)nn2c(=O)ccnc2c1C. The summed E-state index contributed by atoms with van der Waals surface area (Å²) in [6, 6.07) is 3.42. The number of pyridine rings is 1. The smallest absolute Gasteiger partial charge is 0.415 e. The number of carbonyl (C=O) groups excluding carboxylic acids is 1. The number of aromatic nitrogens is 4. The second-order valence-electron chi connectivity index (χ2n) is 8.78. The van der Waals surface area contributed by atoms with Crippen LogP contribution in [0.5, 0.6) is 0 Å². The van der Waals surface area contributed by atoms with Gasteiger partial charge in [0.05, 0.1) is 18.4 Å². The van der Waals surface area contributed by atoms with E-state index in [1.165, 1.54) is 16.8 Å². The van der Waals surface area contributed by atoms with E-state index in [0.717, 1.165) is 46.9 Å². The number of hydrogen-bond donors (Lipinski definition) is 0. The van der Waals surface area contributed by atoms with Gasteiger partial charge >= 0.3 is 6.09 Å². The van der Waals surface area contributed by atoms with E-state index in [9.17, 15) is 9.59 Å². The van der Waals surface area contributed by atoms with Crippen LogP contribution in [0.3, 0.4) is 0 Å². The van der Waals surface area contributed by atoms with E-state index in [2.05, 4.69) is 20.0 Å². The number of ether oxygens (including phenoxy) is 1. The van der Waals surface area contributed by atoms with Crippen molar-refractivity contribution in [2.45, 2.75) is 46.3 Å². The highest BCUT2D eigenvalue weighted by atomic mass is 16.6. The Hall–Kier alpha value is -3.49. The fraction of sp³-hybridized carbons (Fsp3) is 0.409. The van der Waals surface area contributed by atoms with E-state index in [4.69, 9.17) is 4.74 Å².